The summed E-state index contributed by atoms with van der Waals surface area (Å²) >= 11 is 0. The van der Waals surface area contributed by atoms with E-state index in [1.165, 1.54) is 4.90 Å². The monoisotopic (exact) mass is 143 g/mol. The Morgan fingerprint density at radius 3 is 1.89 bits per heavy atom. The third-order valence-electron chi connectivity index (χ3n) is 0.445. The zero-order chi connectivity index (χ0) is 5.86. The second-order valence-electron chi connectivity index (χ2n) is 1.61. The second-order valence-corrected chi connectivity index (χ2v) is 1.61. The molecule has 0 spiro atoms. The molecule has 0 unspecified atom stereocenters. The molecule has 0 bridgehead atoms. The summed E-state index contributed by atoms with van der Waals surface area (Å²) in [6.45, 7) is 0. The van der Waals surface area contributed by atoms with Gasteiger partial charge in [0.05, 0.1) is 5.97 Å². The van der Waals surface area contributed by atoms with Crippen LogP contribution in [0.3, 0.4) is 0 Å². The Bertz CT molecular complexity index is 76.2. The van der Waals surface area contributed by atoms with Gasteiger partial charge in [-0.25, -0.2) is 0 Å². The van der Waals surface area contributed by atoms with Crippen LogP contribution in [0, 0.1) is 0 Å². The van der Waals surface area contributed by atoms with Crippen molar-refractivity contribution in [3.8, 4) is 0 Å². The van der Waals surface area contributed by atoms with Crippen molar-refractivity contribution < 1.29 is 44.9 Å². The number of carboxylic acids is 1. The van der Waals surface area contributed by atoms with Gasteiger partial charge in [-0.1, -0.05) is 0 Å². The molecular formula is C4H10NNaO3. The summed E-state index contributed by atoms with van der Waals surface area (Å²) in [4.78, 5) is 11.2. The molecule has 0 aromatic heterocycles. The summed E-state index contributed by atoms with van der Waals surface area (Å²) in [6, 6.07) is 0. The van der Waals surface area contributed by atoms with Gasteiger partial charge in [0.15, 0.2) is 0 Å². The average Bonchev–Trinajstić information content (AvgIpc) is 1.27. The number of hydrogen-bond acceptors (Lipinski definition) is 3. The molecule has 4 nitrogen and oxygen atoms in total. The number of carbonyl (C=O) groups is 1. The van der Waals surface area contributed by atoms with E-state index in [1.807, 2.05) is 0 Å². The van der Waals surface area contributed by atoms with Crippen LogP contribution in [0.25, 0.3) is 0 Å². The van der Waals surface area contributed by atoms with Crippen LogP contribution >= 0.6 is 0 Å². The molecule has 50 valence electrons. The van der Waals surface area contributed by atoms with E-state index in [1.54, 1.807) is 14.1 Å². The third kappa shape index (κ3) is 17.8. The zero-order valence-electron chi connectivity index (χ0n) is 5.97. The van der Waals surface area contributed by atoms with Gasteiger partial charge in [-0.2, -0.15) is 0 Å². The van der Waals surface area contributed by atoms with Crippen molar-refractivity contribution >= 4 is 5.97 Å². The second kappa shape index (κ2) is 8.39. The predicted octanol–water partition coefficient (Wildman–Crippen LogP) is -5.52. The maximum Gasteiger partial charge on any atom is 1.00 e. The van der Waals surface area contributed by atoms with E-state index in [-0.39, 0.29) is 41.6 Å². The molecule has 0 radical (unpaired) electrons. The van der Waals surface area contributed by atoms with E-state index in [4.69, 9.17) is 0 Å². The van der Waals surface area contributed by atoms with E-state index in [2.05, 4.69) is 0 Å². The first kappa shape index (κ1) is 16.2. The fourth-order valence-electron chi connectivity index (χ4n) is 0.258. The molecule has 0 aliphatic carbocycles. The molecule has 9 heavy (non-hydrogen) atoms. The molecule has 0 atom stereocenters. The van der Waals surface area contributed by atoms with Crippen LogP contribution in [-0.2, 0) is 4.79 Å². The van der Waals surface area contributed by atoms with E-state index < -0.39 is 5.97 Å². The van der Waals surface area contributed by atoms with E-state index in [0.717, 1.165) is 0 Å². The molecule has 0 fully saturated rings. The fraction of sp³-hybridized carbons (Fsp3) is 0.750. The van der Waals surface area contributed by atoms with Gasteiger partial charge in [0.2, 0.25) is 0 Å². The van der Waals surface area contributed by atoms with Gasteiger partial charge in [-0.3, -0.25) is 0 Å². The van der Waals surface area contributed by atoms with Gasteiger partial charge in [0, 0.05) is 6.54 Å². The van der Waals surface area contributed by atoms with Gasteiger partial charge in [-0.15, -0.1) is 0 Å². The minimum absolute atomic E-state index is 0. The van der Waals surface area contributed by atoms with Gasteiger partial charge < -0.3 is 20.3 Å². The molecule has 0 aromatic rings. The van der Waals surface area contributed by atoms with Crippen LogP contribution < -0.4 is 34.7 Å². The first-order chi connectivity index (χ1) is 3.13. The number of aliphatic carboxylic acids is 1. The maximum absolute atomic E-state index is 9.66. The Kier molecular flexibility index (Phi) is 15.1. The smallest absolute Gasteiger partial charge is 0.549 e. The first-order valence-corrected chi connectivity index (χ1v) is 1.97. The number of carbonyl (C=O) groups excluding carboxylic acids is 1. The molecule has 0 aliphatic rings. The summed E-state index contributed by atoms with van der Waals surface area (Å²) in [5.74, 6) is -1.04. The Balaban J connectivity index is -0.000000180. The van der Waals surface area contributed by atoms with Crippen molar-refractivity contribution in [2.45, 2.75) is 0 Å². The Labute approximate surface area is 76.4 Å². The Hall–Kier alpha value is 0.390. The minimum Gasteiger partial charge on any atom is -0.549 e. The number of likely N-dealkylation sites (N-methyl/N-ethyl adjacent to an activating group) is 1. The third-order valence-corrected chi connectivity index (χ3v) is 0.445. The number of rotatable bonds is 2. The first-order valence-electron chi connectivity index (χ1n) is 1.97. The van der Waals surface area contributed by atoms with E-state index in [9.17, 15) is 9.90 Å². The van der Waals surface area contributed by atoms with Gasteiger partial charge in [-0.05, 0) is 14.1 Å². The van der Waals surface area contributed by atoms with Crippen LogP contribution in [0.4, 0.5) is 0 Å². The molecule has 0 saturated heterocycles. The van der Waals surface area contributed by atoms with E-state index in [0.29, 0.717) is 0 Å². The van der Waals surface area contributed by atoms with Crippen LogP contribution in [0.15, 0.2) is 0 Å². The van der Waals surface area contributed by atoms with Crippen molar-refractivity contribution in [1.29, 1.82) is 0 Å². The number of nitrogens with zero attached hydrogens (tertiary/aromatic N) is 1. The molecule has 0 rings (SSSR count). The molecule has 0 amide bonds. The van der Waals surface area contributed by atoms with Crippen LogP contribution in [0.5, 0.6) is 0 Å². The Morgan fingerprint density at radius 2 is 1.89 bits per heavy atom. The standard InChI is InChI=1S/C4H9NO2.Na.H2O/c1-5(2)3-4(6)7;;/h3H2,1-2H3,(H,6,7);;1H2/q;+1;/p-1. The van der Waals surface area contributed by atoms with Gasteiger partial charge in [0.25, 0.3) is 0 Å². The molecule has 5 heteroatoms. The zero-order valence-corrected chi connectivity index (χ0v) is 7.97. The number of carboxylic acid groups (broad SMARTS) is 1. The van der Waals surface area contributed by atoms with Gasteiger partial charge in [0.1, 0.15) is 0 Å². The quantitative estimate of drug-likeness (QED) is 0.362. The maximum atomic E-state index is 9.66. The summed E-state index contributed by atoms with van der Waals surface area (Å²) in [7, 11) is 3.35. The van der Waals surface area contributed by atoms with Gasteiger partial charge >= 0.3 is 29.6 Å². The van der Waals surface area contributed by atoms with Crippen LogP contribution in [0.2, 0.25) is 0 Å². The van der Waals surface area contributed by atoms with Crippen molar-refractivity contribution in [3.63, 3.8) is 0 Å². The minimum atomic E-state index is -1.04. The van der Waals surface area contributed by atoms with Crippen LogP contribution in [-0.4, -0.2) is 37.0 Å². The predicted molar refractivity (Wildman–Crippen MR) is 27.2 cm³/mol. The van der Waals surface area contributed by atoms with Crippen LogP contribution in [0.1, 0.15) is 0 Å². The normalized spacial score (nSPS) is 7.44. The van der Waals surface area contributed by atoms with Crippen molar-refractivity contribution in [2.75, 3.05) is 20.6 Å². The molecule has 2 N–H and O–H groups in total. The molecule has 0 aromatic carbocycles. The summed E-state index contributed by atoms with van der Waals surface area (Å²) < 4.78 is 0. The summed E-state index contributed by atoms with van der Waals surface area (Å²) in [5, 5.41) is 9.66. The summed E-state index contributed by atoms with van der Waals surface area (Å²) in [5.41, 5.74) is 0. The topological polar surface area (TPSA) is 74.9 Å². The van der Waals surface area contributed by atoms with E-state index >= 15 is 0 Å². The Morgan fingerprint density at radius 1 is 1.56 bits per heavy atom. The summed E-state index contributed by atoms with van der Waals surface area (Å²) in [6.07, 6.45) is 0. The van der Waals surface area contributed by atoms with Crippen molar-refractivity contribution in [1.82, 2.24) is 4.90 Å². The number of hydrogen-bond donors (Lipinski definition) is 0. The average molecular weight is 143 g/mol. The molecule has 0 aliphatic heterocycles. The van der Waals surface area contributed by atoms with Crippen molar-refractivity contribution in [2.24, 2.45) is 0 Å². The molecule has 0 saturated carbocycles. The largest absolute Gasteiger partial charge is 1.00 e. The molecular weight excluding hydrogens is 133 g/mol. The molecule has 0 heterocycles. The fourth-order valence-corrected chi connectivity index (χ4v) is 0.258. The van der Waals surface area contributed by atoms with Crippen molar-refractivity contribution in [3.05, 3.63) is 0 Å². The SMILES string of the molecule is CN(C)CC(=O)[O-].O.[Na+].